The van der Waals surface area contributed by atoms with Crippen LogP contribution in [0.1, 0.15) is 15.9 Å². The summed E-state index contributed by atoms with van der Waals surface area (Å²) < 4.78 is 0. The summed E-state index contributed by atoms with van der Waals surface area (Å²) in [6, 6.07) is 7.28. The zero-order chi connectivity index (χ0) is 8.27. The maximum atomic E-state index is 11.0. The summed E-state index contributed by atoms with van der Waals surface area (Å²) in [5.74, 6) is 4.73. The summed E-state index contributed by atoms with van der Waals surface area (Å²) in [4.78, 5) is 11.0. The molecule has 0 saturated heterocycles. The molecule has 0 unspecified atom stereocenters. The summed E-state index contributed by atoms with van der Waals surface area (Å²) in [6.45, 7) is 1.87. The van der Waals surface area contributed by atoms with Crippen molar-refractivity contribution in [3.63, 3.8) is 0 Å². The van der Waals surface area contributed by atoms with E-state index in [1.807, 2.05) is 19.1 Å². The van der Waals surface area contributed by atoms with Gasteiger partial charge >= 0.3 is 0 Å². The SMILES string of the molecule is Cc1ccccc1C(=O)NN.Cl. The summed E-state index contributed by atoms with van der Waals surface area (Å²) in [5.41, 5.74) is 3.63. The number of nitrogens with two attached hydrogens (primary N) is 1. The van der Waals surface area contributed by atoms with E-state index in [2.05, 4.69) is 5.43 Å². The van der Waals surface area contributed by atoms with Crippen molar-refractivity contribution < 1.29 is 4.79 Å². The Labute approximate surface area is 77.3 Å². The van der Waals surface area contributed by atoms with Gasteiger partial charge in [-0.05, 0) is 18.6 Å². The van der Waals surface area contributed by atoms with E-state index < -0.39 is 0 Å². The average Bonchev–Trinajstić information content (AvgIpc) is 2.04. The van der Waals surface area contributed by atoms with Crippen LogP contribution in [-0.4, -0.2) is 5.91 Å². The second kappa shape index (κ2) is 4.74. The molecule has 0 aromatic heterocycles. The molecule has 0 atom stereocenters. The smallest absolute Gasteiger partial charge is 0.265 e. The molecule has 1 aromatic rings. The van der Waals surface area contributed by atoms with Gasteiger partial charge in [0.2, 0.25) is 0 Å². The van der Waals surface area contributed by atoms with Gasteiger partial charge in [-0.15, -0.1) is 12.4 Å². The van der Waals surface area contributed by atoms with Gasteiger partial charge in [0.1, 0.15) is 0 Å². The first-order chi connectivity index (χ1) is 5.25. The molecule has 1 aromatic carbocycles. The van der Waals surface area contributed by atoms with Crippen molar-refractivity contribution in [2.45, 2.75) is 6.92 Å². The van der Waals surface area contributed by atoms with Gasteiger partial charge in [0, 0.05) is 5.56 Å². The van der Waals surface area contributed by atoms with Gasteiger partial charge < -0.3 is 0 Å². The Morgan fingerprint density at radius 1 is 1.42 bits per heavy atom. The third kappa shape index (κ3) is 2.22. The monoisotopic (exact) mass is 186 g/mol. The van der Waals surface area contributed by atoms with Crippen molar-refractivity contribution in [3.05, 3.63) is 35.4 Å². The highest BCUT2D eigenvalue weighted by Crippen LogP contribution is 2.05. The number of hydrogen-bond acceptors (Lipinski definition) is 2. The highest BCUT2D eigenvalue weighted by molar-refractivity contribution is 5.95. The lowest BCUT2D eigenvalue weighted by Gasteiger charge is -2.01. The van der Waals surface area contributed by atoms with Gasteiger partial charge in [0.15, 0.2) is 0 Å². The van der Waals surface area contributed by atoms with Crippen molar-refractivity contribution in [3.8, 4) is 0 Å². The van der Waals surface area contributed by atoms with Gasteiger partial charge in [0.25, 0.3) is 5.91 Å². The van der Waals surface area contributed by atoms with Crippen molar-refractivity contribution in [2.75, 3.05) is 0 Å². The molecular formula is C8H11ClN2O. The Morgan fingerprint density at radius 3 is 2.50 bits per heavy atom. The number of hydrazine groups is 1. The minimum absolute atomic E-state index is 0. The summed E-state index contributed by atoms with van der Waals surface area (Å²) in [5, 5.41) is 0. The first-order valence-corrected chi connectivity index (χ1v) is 3.32. The van der Waals surface area contributed by atoms with E-state index in [-0.39, 0.29) is 18.3 Å². The highest BCUT2D eigenvalue weighted by atomic mass is 35.5. The van der Waals surface area contributed by atoms with E-state index in [9.17, 15) is 4.79 Å². The summed E-state index contributed by atoms with van der Waals surface area (Å²) in [6.07, 6.45) is 0. The molecule has 3 nitrogen and oxygen atoms in total. The standard InChI is InChI=1S/C8H10N2O.ClH/c1-6-4-2-3-5-7(6)8(11)10-9;/h2-5H,9H2,1H3,(H,10,11);1H. The molecule has 1 rings (SSSR count). The Morgan fingerprint density at radius 2 is 2.00 bits per heavy atom. The quantitative estimate of drug-likeness (QED) is 0.391. The Balaban J connectivity index is 0.00000121. The minimum atomic E-state index is -0.247. The van der Waals surface area contributed by atoms with Gasteiger partial charge in [-0.1, -0.05) is 18.2 Å². The third-order valence-corrected chi connectivity index (χ3v) is 1.52. The highest BCUT2D eigenvalue weighted by Gasteiger charge is 2.03. The van der Waals surface area contributed by atoms with Crippen LogP contribution < -0.4 is 11.3 Å². The van der Waals surface area contributed by atoms with Crippen LogP contribution in [0.15, 0.2) is 24.3 Å². The van der Waals surface area contributed by atoms with Crippen molar-refractivity contribution in [2.24, 2.45) is 5.84 Å². The number of benzene rings is 1. The summed E-state index contributed by atoms with van der Waals surface area (Å²) >= 11 is 0. The fourth-order valence-corrected chi connectivity index (χ4v) is 0.905. The molecule has 66 valence electrons. The Hall–Kier alpha value is -1.06. The number of carbonyl (C=O) groups excluding carboxylic acids is 1. The molecule has 4 heteroatoms. The number of aryl methyl sites for hydroxylation is 1. The van der Waals surface area contributed by atoms with E-state index in [1.54, 1.807) is 12.1 Å². The molecular weight excluding hydrogens is 176 g/mol. The van der Waals surface area contributed by atoms with Crippen LogP contribution in [0.5, 0.6) is 0 Å². The normalized spacial score (nSPS) is 8.50. The number of rotatable bonds is 1. The number of nitrogens with one attached hydrogen (secondary N) is 1. The van der Waals surface area contributed by atoms with Crippen molar-refractivity contribution >= 4 is 18.3 Å². The summed E-state index contributed by atoms with van der Waals surface area (Å²) in [7, 11) is 0. The lowest BCUT2D eigenvalue weighted by molar-refractivity contribution is 0.0953. The second-order valence-corrected chi connectivity index (χ2v) is 2.29. The number of amides is 1. The molecule has 3 N–H and O–H groups in total. The number of carbonyl (C=O) groups is 1. The molecule has 0 spiro atoms. The maximum Gasteiger partial charge on any atom is 0.265 e. The lowest BCUT2D eigenvalue weighted by Crippen LogP contribution is -2.30. The van der Waals surface area contributed by atoms with Gasteiger partial charge in [-0.25, -0.2) is 5.84 Å². The van der Waals surface area contributed by atoms with E-state index in [0.29, 0.717) is 5.56 Å². The minimum Gasteiger partial charge on any atom is -0.290 e. The number of halogens is 1. The van der Waals surface area contributed by atoms with E-state index in [0.717, 1.165) is 5.56 Å². The van der Waals surface area contributed by atoms with Gasteiger partial charge in [-0.2, -0.15) is 0 Å². The van der Waals surface area contributed by atoms with Gasteiger partial charge in [-0.3, -0.25) is 10.2 Å². The molecule has 0 radical (unpaired) electrons. The fourth-order valence-electron chi connectivity index (χ4n) is 0.905. The molecule has 12 heavy (non-hydrogen) atoms. The van der Waals surface area contributed by atoms with Gasteiger partial charge in [0.05, 0.1) is 0 Å². The number of hydrogen-bond donors (Lipinski definition) is 2. The molecule has 0 aliphatic rings. The molecule has 0 bridgehead atoms. The fraction of sp³-hybridized carbons (Fsp3) is 0.125. The largest absolute Gasteiger partial charge is 0.290 e. The predicted molar refractivity (Wildman–Crippen MR) is 50.1 cm³/mol. The Bertz CT molecular complexity index is 276. The Kier molecular flexibility index (Phi) is 4.33. The first kappa shape index (κ1) is 10.9. The van der Waals surface area contributed by atoms with E-state index in [1.165, 1.54) is 0 Å². The third-order valence-electron chi connectivity index (χ3n) is 1.52. The molecule has 1 amide bonds. The zero-order valence-electron chi connectivity index (χ0n) is 6.70. The topological polar surface area (TPSA) is 55.1 Å². The average molecular weight is 187 g/mol. The van der Waals surface area contributed by atoms with Crippen LogP contribution in [0, 0.1) is 6.92 Å². The zero-order valence-corrected chi connectivity index (χ0v) is 7.52. The van der Waals surface area contributed by atoms with Crippen molar-refractivity contribution in [1.29, 1.82) is 0 Å². The first-order valence-electron chi connectivity index (χ1n) is 3.32. The molecule has 0 saturated carbocycles. The van der Waals surface area contributed by atoms with E-state index >= 15 is 0 Å². The van der Waals surface area contributed by atoms with Crippen LogP contribution in [0.4, 0.5) is 0 Å². The maximum absolute atomic E-state index is 11.0. The van der Waals surface area contributed by atoms with Crippen molar-refractivity contribution in [1.82, 2.24) is 5.43 Å². The molecule has 0 aliphatic heterocycles. The number of nitrogen functional groups attached to an aromatic ring is 1. The molecule has 0 aliphatic carbocycles. The van der Waals surface area contributed by atoms with E-state index in [4.69, 9.17) is 5.84 Å². The van der Waals surface area contributed by atoms with Crippen LogP contribution in [0.3, 0.4) is 0 Å². The predicted octanol–water partition coefficient (Wildman–Crippen LogP) is 1.02. The van der Waals surface area contributed by atoms with Crippen LogP contribution in [-0.2, 0) is 0 Å². The molecule has 0 heterocycles. The van der Waals surface area contributed by atoms with Crippen LogP contribution >= 0.6 is 12.4 Å². The van der Waals surface area contributed by atoms with Crippen LogP contribution in [0.2, 0.25) is 0 Å². The molecule has 0 fully saturated rings. The second-order valence-electron chi connectivity index (χ2n) is 2.29. The van der Waals surface area contributed by atoms with Crippen LogP contribution in [0.25, 0.3) is 0 Å². The lowest BCUT2D eigenvalue weighted by atomic mass is 10.1.